The molecule has 0 unspecified atom stereocenters. The van der Waals surface area contributed by atoms with E-state index in [2.05, 4.69) is 4.72 Å². The van der Waals surface area contributed by atoms with Gasteiger partial charge >= 0.3 is 6.18 Å². The van der Waals surface area contributed by atoms with Gasteiger partial charge < -0.3 is 0 Å². The van der Waals surface area contributed by atoms with Gasteiger partial charge in [-0.05, 0) is 46.2 Å². The quantitative estimate of drug-likeness (QED) is 0.910. The van der Waals surface area contributed by atoms with Gasteiger partial charge in [0.1, 0.15) is 0 Å². The molecule has 0 amide bonds. The summed E-state index contributed by atoms with van der Waals surface area (Å²) in [5.41, 5.74) is -1.55. The molecule has 7 heteroatoms. The van der Waals surface area contributed by atoms with E-state index in [1.165, 1.54) is 19.9 Å². The highest BCUT2D eigenvalue weighted by atomic mass is 32.2. The lowest BCUT2D eigenvalue weighted by Gasteiger charge is -2.23. The predicted molar refractivity (Wildman–Crippen MR) is 71.0 cm³/mol. The van der Waals surface area contributed by atoms with E-state index >= 15 is 0 Å². The molecule has 1 rings (SSSR count). The van der Waals surface area contributed by atoms with Gasteiger partial charge in [-0.15, -0.1) is 0 Å². The summed E-state index contributed by atoms with van der Waals surface area (Å²) in [7, 11) is -4.25. The summed E-state index contributed by atoms with van der Waals surface area (Å²) in [5, 5.41) is 0. The van der Waals surface area contributed by atoms with E-state index in [9.17, 15) is 21.6 Å². The van der Waals surface area contributed by atoms with Crippen LogP contribution in [0.15, 0.2) is 17.0 Å². The molecular weight excluding hydrogens is 291 g/mol. The topological polar surface area (TPSA) is 46.2 Å². The van der Waals surface area contributed by atoms with Crippen molar-refractivity contribution in [1.29, 1.82) is 0 Å². The fourth-order valence-electron chi connectivity index (χ4n) is 1.98. The third-order valence-electron chi connectivity index (χ3n) is 2.43. The maximum Gasteiger partial charge on any atom is 0.417 e. The Kier molecular flexibility index (Phi) is 4.27. The van der Waals surface area contributed by atoms with Gasteiger partial charge in [0.25, 0.3) is 0 Å². The molecule has 0 bridgehead atoms. The van der Waals surface area contributed by atoms with Crippen LogP contribution in [0.5, 0.6) is 0 Å². The molecule has 0 aliphatic rings. The lowest BCUT2D eigenvalue weighted by Crippen LogP contribution is -2.41. The molecule has 3 nitrogen and oxygen atoms in total. The van der Waals surface area contributed by atoms with Gasteiger partial charge in [-0.2, -0.15) is 13.2 Å². The standard InChI is InChI=1S/C13H18F3NO2S/c1-8-6-9(2)11(10(7-8)13(14,15)16)20(18,19)17-12(3,4)5/h6-7,17H,1-5H3. The molecule has 0 atom stereocenters. The van der Waals surface area contributed by atoms with Crippen LogP contribution in [0.2, 0.25) is 0 Å². The van der Waals surface area contributed by atoms with E-state index in [0.29, 0.717) is 5.56 Å². The minimum atomic E-state index is -4.72. The Morgan fingerprint density at radius 1 is 1.05 bits per heavy atom. The van der Waals surface area contributed by atoms with Gasteiger partial charge in [0.05, 0.1) is 10.5 Å². The summed E-state index contributed by atoms with van der Waals surface area (Å²) in [5.74, 6) is 0. The Balaban J connectivity index is 3.60. The molecule has 0 saturated heterocycles. The Hall–Kier alpha value is -1.08. The fraction of sp³-hybridized carbons (Fsp3) is 0.538. The number of benzene rings is 1. The highest BCUT2D eigenvalue weighted by Gasteiger charge is 2.39. The molecule has 0 spiro atoms. The summed E-state index contributed by atoms with van der Waals surface area (Å²) < 4.78 is 66.0. The minimum absolute atomic E-state index is 0.0778. The highest BCUT2D eigenvalue weighted by Crippen LogP contribution is 2.36. The van der Waals surface area contributed by atoms with E-state index in [1.807, 2.05) is 0 Å². The largest absolute Gasteiger partial charge is 0.417 e. The monoisotopic (exact) mass is 309 g/mol. The number of halogens is 3. The molecule has 0 aliphatic heterocycles. The number of sulfonamides is 1. The van der Waals surface area contributed by atoms with Crippen LogP contribution in [0.25, 0.3) is 0 Å². The van der Waals surface area contributed by atoms with E-state index in [-0.39, 0.29) is 5.56 Å². The summed E-state index contributed by atoms with van der Waals surface area (Å²) in [4.78, 5) is -0.703. The molecule has 0 heterocycles. The molecule has 0 aliphatic carbocycles. The third kappa shape index (κ3) is 3.96. The van der Waals surface area contributed by atoms with Crippen LogP contribution in [0.4, 0.5) is 13.2 Å². The number of rotatable bonds is 2. The Bertz CT molecular complexity index is 614. The van der Waals surface area contributed by atoms with Crippen molar-refractivity contribution in [3.63, 3.8) is 0 Å². The van der Waals surface area contributed by atoms with Crippen LogP contribution < -0.4 is 4.72 Å². The van der Waals surface area contributed by atoms with Crippen LogP contribution in [0.1, 0.15) is 37.5 Å². The zero-order valence-electron chi connectivity index (χ0n) is 12.0. The third-order valence-corrected chi connectivity index (χ3v) is 4.39. The van der Waals surface area contributed by atoms with Crippen LogP contribution in [-0.4, -0.2) is 14.0 Å². The second kappa shape index (κ2) is 5.04. The first-order chi connectivity index (χ1) is 8.74. The first-order valence-corrected chi connectivity index (χ1v) is 7.45. The zero-order valence-corrected chi connectivity index (χ0v) is 12.8. The van der Waals surface area contributed by atoms with Crippen molar-refractivity contribution in [2.24, 2.45) is 0 Å². The Morgan fingerprint density at radius 3 is 1.95 bits per heavy atom. The van der Waals surface area contributed by atoms with Gasteiger partial charge in [0, 0.05) is 5.54 Å². The lowest BCUT2D eigenvalue weighted by molar-refractivity contribution is -0.140. The summed E-state index contributed by atoms with van der Waals surface area (Å²) >= 11 is 0. The van der Waals surface area contributed by atoms with Crippen molar-refractivity contribution >= 4 is 10.0 Å². The predicted octanol–water partition coefficient (Wildman–Crippen LogP) is 3.40. The van der Waals surface area contributed by atoms with Crippen molar-refractivity contribution in [2.45, 2.75) is 51.2 Å². The molecule has 1 aromatic carbocycles. The average molecular weight is 309 g/mol. The van der Waals surface area contributed by atoms with Crippen molar-refractivity contribution < 1.29 is 21.6 Å². The van der Waals surface area contributed by atoms with E-state index in [4.69, 9.17) is 0 Å². The first-order valence-electron chi connectivity index (χ1n) is 5.96. The van der Waals surface area contributed by atoms with Crippen LogP contribution in [-0.2, 0) is 16.2 Å². The molecule has 20 heavy (non-hydrogen) atoms. The molecule has 0 radical (unpaired) electrons. The van der Waals surface area contributed by atoms with Crippen molar-refractivity contribution in [3.05, 3.63) is 28.8 Å². The summed E-state index contributed by atoms with van der Waals surface area (Å²) in [6.07, 6.45) is -4.72. The number of aryl methyl sites for hydroxylation is 2. The van der Waals surface area contributed by atoms with Gasteiger partial charge in [0.15, 0.2) is 0 Å². The normalized spacial score (nSPS) is 13.6. The molecular formula is C13H18F3NO2S. The second-order valence-corrected chi connectivity index (χ2v) is 7.43. The minimum Gasteiger partial charge on any atom is -0.207 e. The molecule has 1 aromatic rings. The van der Waals surface area contributed by atoms with Gasteiger partial charge in [0.2, 0.25) is 10.0 Å². The van der Waals surface area contributed by atoms with E-state index in [1.54, 1.807) is 20.8 Å². The fourth-order valence-corrected chi connectivity index (χ4v) is 3.83. The first kappa shape index (κ1) is 17.0. The van der Waals surface area contributed by atoms with E-state index in [0.717, 1.165) is 6.07 Å². The smallest absolute Gasteiger partial charge is 0.207 e. The van der Waals surface area contributed by atoms with Gasteiger partial charge in [-0.3, -0.25) is 0 Å². The second-order valence-electron chi connectivity index (χ2n) is 5.81. The Morgan fingerprint density at radius 2 is 1.55 bits per heavy atom. The molecule has 0 aromatic heterocycles. The maximum absolute atomic E-state index is 13.1. The highest BCUT2D eigenvalue weighted by molar-refractivity contribution is 7.89. The van der Waals surface area contributed by atoms with Gasteiger partial charge in [-0.25, -0.2) is 13.1 Å². The molecule has 0 saturated carbocycles. The molecule has 114 valence electrons. The summed E-state index contributed by atoms with van der Waals surface area (Å²) in [6, 6.07) is 2.27. The maximum atomic E-state index is 13.1. The molecule has 0 fully saturated rings. The van der Waals surface area contributed by atoms with E-state index < -0.39 is 32.2 Å². The van der Waals surface area contributed by atoms with Crippen LogP contribution in [0.3, 0.4) is 0 Å². The SMILES string of the molecule is Cc1cc(C)c(S(=O)(=O)NC(C)(C)C)c(C(F)(F)F)c1. The number of nitrogens with one attached hydrogen (secondary N) is 1. The number of hydrogen-bond acceptors (Lipinski definition) is 2. The van der Waals surface area contributed by atoms with Crippen LogP contribution >= 0.6 is 0 Å². The van der Waals surface area contributed by atoms with Gasteiger partial charge in [-0.1, -0.05) is 11.6 Å². The van der Waals surface area contributed by atoms with Crippen molar-refractivity contribution in [1.82, 2.24) is 4.72 Å². The average Bonchev–Trinajstić information content (AvgIpc) is 2.09. The Labute approximate surface area is 117 Å². The van der Waals surface area contributed by atoms with Crippen molar-refractivity contribution in [3.8, 4) is 0 Å². The van der Waals surface area contributed by atoms with Crippen molar-refractivity contribution in [2.75, 3.05) is 0 Å². The number of hydrogen-bond donors (Lipinski definition) is 1. The molecule has 1 N–H and O–H groups in total. The van der Waals surface area contributed by atoms with Crippen LogP contribution in [0, 0.1) is 13.8 Å². The summed E-state index contributed by atoms with van der Waals surface area (Å²) in [6.45, 7) is 7.57. The lowest BCUT2D eigenvalue weighted by atomic mass is 10.1. The number of alkyl halides is 3. The zero-order chi connectivity index (χ0) is 15.9.